The minimum Gasteiger partial charge on any atom is -0.307 e. The van der Waals surface area contributed by atoms with Crippen LogP contribution < -0.4 is 11.3 Å². The second-order valence-corrected chi connectivity index (χ2v) is 2.81. The third kappa shape index (κ3) is 2.79. The van der Waals surface area contributed by atoms with Crippen molar-refractivity contribution in [3.05, 3.63) is 24.3 Å². The lowest BCUT2D eigenvalue weighted by molar-refractivity contribution is 0.818. The number of nitrogens with two attached hydrogens (primary N) is 1. The fourth-order valence-corrected chi connectivity index (χ4v) is 0.857. The van der Waals surface area contributed by atoms with Gasteiger partial charge in [0.15, 0.2) is 5.84 Å². The second-order valence-electron chi connectivity index (χ2n) is 2.81. The third-order valence-corrected chi connectivity index (χ3v) is 1.33. The van der Waals surface area contributed by atoms with Crippen LogP contribution in [0.4, 0.5) is 0 Å². The molecule has 5 heteroatoms. The SMILES string of the molecule is CC(C)N=C(NN)c1cnccn1. The van der Waals surface area contributed by atoms with Gasteiger partial charge in [0.25, 0.3) is 0 Å². The van der Waals surface area contributed by atoms with Crippen LogP contribution in [0.1, 0.15) is 19.5 Å². The van der Waals surface area contributed by atoms with Crippen molar-refractivity contribution in [1.29, 1.82) is 0 Å². The largest absolute Gasteiger partial charge is 0.307 e. The Morgan fingerprint density at radius 3 is 2.77 bits per heavy atom. The highest BCUT2D eigenvalue weighted by Gasteiger charge is 2.02. The van der Waals surface area contributed by atoms with Gasteiger partial charge in [0, 0.05) is 18.4 Å². The Kier molecular flexibility index (Phi) is 3.33. The molecule has 3 N–H and O–H groups in total. The van der Waals surface area contributed by atoms with Gasteiger partial charge in [0.2, 0.25) is 0 Å². The summed E-state index contributed by atoms with van der Waals surface area (Å²) in [6.45, 7) is 3.93. The van der Waals surface area contributed by atoms with Crippen LogP contribution in [0.5, 0.6) is 0 Å². The van der Waals surface area contributed by atoms with E-state index in [1.165, 1.54) is 0 Å². The van der Waals surface area contributed by atoms with Crippen LogP contribution in [-0.2, 0) is 0 Å². The zero-order chi connectivity index (χ0) is 9.68. The maximum atomic E-state index is 5.30. The van der Waals surface area contributed by atoms with E-state index in [0.29, 0.717) is 11.5 Å². The van der Waals surface area contributed by atoms with Crippen molar-refractivity contribution in [2.75, 3.05) is 0 Å². The highest BCUT2D eigenvalue weighted by molar-refractivity contribution is 5.96. The monoisotopic (exact) mass is 179 g/mol. The van der Waals surface area contributed by atoms with Crippen molar-refractivity contribution in [2.45, 2.75) is 19.9 Å². The van der Waals surface area contributed by atoms with Crippen molar-refractivity contribution in [2.24, 2.45) is 10.8 Å². The maximum absolute atomic E-state index is 5.30. The molecule has 0 fully saturated rings. The molecule has 70 valence electrons. The van der Waals surface area contributed by atoms with Crippen molar-refractivity contribution in [3.63, 3.8) is 0 Å². The Morgan fingerprint density at radius 2 is 2.31 bits per heavy atom. The molecule has 0 aromatic carbocycles. The van der Waals surface area contributed by atoms with Crippen LogP contribution >= 0.6 is 0 Å². The van der Waals surface area contributed by atoms with Crippen molar-refractivity contribution < 1.29 is 0 Å². The van der Waals surface area contributed by atoms with E-state index in [4.69, 9.17) is 5.84 Å². The fourth-order valence-electron chi connectivity index (χ4n) is 0.857. The van der Waals surface area contributed by atoms with Gasteiger partial charge in [0.05, 0.1) is 6.20 Å². The quantitative estimate of drug-likeness (QED) is 0.292. The summed E-state index contributed by atoms with van der Waals surface area (Å²) in [6, 6.07) is 0.174. The zero-order valence-electron chi connectivity index (χ0n) is 7.73. The second kappa shape index (κ2) is 4.51. The lowest BCUT2D eigenvalue weighted by Crippen LogP contribution is -2.32. The first-order valence-electron chi connectivity index (χ1n) is 4.05. The molecule has 13 heavy (non-hydrogen) atoms. The van der Waals surface area contributed by atoms with Gasteiger partial charge in [-0.1, -0.05) is 0 Å². The number of rotatable bonds is 2. The molecule has 0 amide bonds. The van der Waals surface area contributed by atoms with Crippen molar-refractivity contribution in [1.82, 2.24) is 15.4 Å². The van der Waals surface area contributed by atoms with E-state index in [1.54, 1.807) is 18.6 Å². The van der Waals surface area contributed by atoms with Crippen LogP contribution in [0.2, 0.25) is 0 Å². The molecule has 1 aromatic rings. The zero-order valence-corrected chi connectivity index (χ0v) is 7.73. The Hall–Kier alpha value is -1.49. The summed E-state index contributed by atoms with van der Waals surface area (Å²) in [5.74, 6) is 5.86. The lowest BCUT2D eigenvalue weighted by Gasteiger charge is -2.05. The Bertz CT molecular complexity index is 280. The van der Waals surface area contributed by atoms with E-state index in [2.05, 4.69) is 20.4 Å². The van der Waals surface area contributed by atoms with Crippen LogP contribution in [0.25, 0.3) is 0 Å². The molecule has 5 nitrogen and oxygen atoms in total. The number of aromatic nitrogens is 2. The third-order valence-electron chi connectivity index (χ3n) is 1.33. The molecular formula is C8H13N5. The Morgan fingerprint density at radius 1 is 1.54 bits per heavy atom. The first-order valence-corrected chi connectivity index (χ1v) is 4.05. The van der Waals surface area contributed by atoms with Crippen LogP contribution in [-0.4, -0.2) is 21.8 Å². The van der Waals surface area contributed by atoms with Gasteiger partial charge in [-0.3, -0.25) is 9.98 Å². The molecule has 0 aliphatic carbocycles. The molecule has 0 aliphatic rings. The molecule has 0 unspecified atom stereocenters. The van der Waals surface area contributed by atoms with Crippen LogP contribution in [0.3, 0.4) is 0 Å². The summed E-state index contributed by atoms with van der Waals surface area (Å²) < 4.78 is 0. The van der Waals surface area contributed by atoms with E-state index >= 15 is 0 Å². The van der Waals surface area contributed by atoms with Crippen molar-refractivity contribution >= 4 is 5.84 Å². The Balaban J connectivity index is 2.91. The van der Waals surface area contributed by atoms with E-state index in [-0.39, 0.29) is 6.04 Å². The number of hydrogen-bond acceptors (Lipinski definition) is 4. The maximum Gasteiger partial charge on any atom is 0.163 e. The lowest BCUT2D eigenvalue weighted by atomic mass is 10.3. The minimum absolute atomic E-state index is 0.174. The Labute approximate surface area is 77.1 Å². The number of amidine groups is 1. The molecule has 0 spiro atoms. The summed E-state index contributed by atoms with van der Waals surface area (Å²) >= 11 is 0. The summed E-state index contributed by atoms with van der Waals surface area (Å²) in [6.07, 6.45) is 4.82. The predicted molar refractivity (Wildman–Crippen MR) is 51.0 cm³/mol. The molecule has 1 heterocycles. The smallest absolute Gasteiger partial charge is 0.163 e. The van der Waals surface area contributed by atoms with Crippen LogP contribution in [0, 0.1) is 0 Å². The van der Waals surface area contributed by atoms with Gasteiger partial charge < -0.3 is 5.43 Å². The van der Waals surface area contributed by atoms with Gasteiger partial charge in [0.1, 0.15) is 5.69 Å². The number of nitrogens with one attached hydrogen (secondary N) is 1. The van der Waals surface area contributed by atoms with Gasteiger partial charge in [-0.25, -0.2) is 10.8 Å². The molecule has 0 saturated heterocycles. The fraction of sp³-hybridized carbons (Fsp3) is 0.375. The van der Waals surface area contributed by atoms with E-state index in [1.807, 2.05) is 13.8 Å². The molecule has 0 radical (unpaired) electrons. The van der Waals surface area contributed by atoms with E-state index < -0.39 is 0 Å². The molecule has 0 saturated carbocycles. The average Bonchev–Trinajstić information content (AvgIpc) is 2.15. The molecule has 0 atom stereocenters. The first kappa shape index (κ1) is 9.60. The summed E-state index contributed by atoms with van der Waals surface area (Å²) in [5.41, 5.74) is 3.15. The molecular weight excluding hydrogens is 166 g/mol. The van der Waals surface area contributed by atoms with Gasteiger partial charge >= 0.3 is 0 Å². The van der Waals surface area contributed by atoms with Crippen molar-refractivity contribution in [3.8, 4) is 0 Å². The van der Waals surface area contributed by atoms with E-state index in [9.17, 15) is 0 Å². The molecule has 0 bridgehead atoms. The summed E-state index contributed by atoms with van der Waals surface area (Å²) in [7, 11) is 0. The van der Waals surface area contributed by atoms with Gasteiger partial charge in [-0.2, -0.15) is 0 Å². The number of nitrogens with zero attached hydrogens (tertiary/aromatic N) is 3. The highest BCUT2D eigenvalue weighted by Crippen LogP contribution is 1.94. The molecule has 1 rings (SSSR count). The number of hydrogen-bond donors (Lipinski definition) is 2. The molecule has 1 aromatic heterocycles. The summed E-state index contributed by atoms with van der Waals surface area (Å²) in [5, 5.41) is 0. The average molecular weight is 179 g/mol. The predicted octanol–water partition coefficient (Wildman–Crippen LogP) is 0.0949. The molecule has 0 aliphatic heterocycles. The van der Waals surface area contributed by atoms with Gasteiger partial charge in [-0.15, -0.1) is 0 Å². The van der Waals surface area contributed by atoms with Gasteiger partial charge in [-0.05, 0) is 13.8 Å². The number of hydrazine groups is 1. The van der Waals surface area contributed by atoms with Crippen LogP contribution in [0.15, 0.2) is 23.6 Å². The number of aliphatic imine (C=N–C) groups is 1. The minimum atomic E-state index is 0.174. The van der Waals surface area contributed by atoms with E-state index in [0.717, 1.165) is 0 Å². The summed E-state index contributed by atoms with van der Waals surface area (Å²) in [4.78, 5) is 12.2. The standard InChI is InChI=1S/C8H13N5/c1-6(2)12-8(13-9)7-5-10-3-4-11-7/h3-6H,9H2,1-2H3,(H,12,13). The topological polar surface area (TPSA) is 76.2 Å². The normalized spacial score (nSPS) is 11.8. The highest BCUT2D eigenvalue weighted by atomic mass is 15.3. The first-order chi connectivity index (χ1) is 6.24.